The van der Waals surface area contributed by atoms with Gasteiger partial charge in [0.15, 0.2) is 6.20 Å². The third-order valence-corrected chi connectivity index (χ3v) is 4.90. The number of hydrogen-bond acceptors (Lipinski definition) is 0. The normalized spacial score (nSPS) is 16.1. The molecule has 1 heteroatoms. The van der Waals surface area contributed by atoms with Crippen LogP contribution in [0.2, 0.25) is 0 Å². The molecule has 21 heavy (non-hydrogen) atoms. The van der Waals surface area contributed by atoms with Crippen molar-refractivity contribution in [2.24, 2.45) is 13.0 Å². The summed E-state index contributed by atoms with van der Waals surface area (Å²) < 4.78 is 2.24. The lowest BCUT2D eigenvalue weighted by Crippen LogP contribution is -2.30. The van der Waals surface area contributed by atoms with E-state index in [-0.39, 0.29) is 0 Å². The Balaban J connectivity index is 1.97. The van der Waals surface area contributed by atoms with Crippen molar-refractivity contribution in [3.8, 4) is 11.3 Å². The largest absolute Gasteiger partial charge is 0.212 e. The molecule has 1 aliphatic carbocycles. The van der Waals surface area contributed by atoms with Gasteiger partial charge < -0.3 is 0 Å². The Labute approximate surface area is 128 Å². The molecule has 0 atom stereocenters. The molecule has 0 aliphatic heterocycles. The Morgan fingerprint density at radius 1 is 1.00 bits per heavy atom. The lowest BCUT2D eigenvalue weighted by molar-refractivity contribution is -0.660. The third-order valence-electron chi connectivity index (χ3n) is 4.90. The smallest absolute Gasteiger partial charge is 0.201 e. The molecule has 1 heterocycles. The second-order valence-corrected chi connectivity index (χ2v) is 6.51. The SMILES string of the molecule is Cc1cccc(CC2CCCCC2)c1-c1cccc[n+]1C. The highest BCUT2D eigenvalue weighted by atomic mass is 14.9. The first-order chi connectivity index (χ1) is 10.3. The number of pyridine rings is 1. The quantitative estimate of drug-likeness (QED) is 0.723. The topological polar surface area (TPSA) is 3.88 Å². The zero-order valence-corrected chi connectivity index (χ0v) is 13.3. The van der Waals surface area contributed by atoms with Crippen molar-refractivity contribution in [3.63, 3.8) is 0 Å². The predicted molar refractivity (Wildman–Crippen MR) is 88.1 cm³/mol. The molecule has 0 bridgehead atoms. The Kier molecular flexibility index (Phi) is 4.38. The van der Waals surface area contributed by atoms with Crippen LogP contribution in [0.1, 0.15) is 43.2 Å². The summed E-state index contributed by atoms with van der Waals surface area (Å²) in [6.45, 7) is 2.24. The molecule has 1 aromatic carbocycles. The Hall–Kier alpha value is -1.63. The molecule has 0 amide bonds. The summed E-state index contributed by atoms with van der Waals surface area (Å²) in [5.74, 6) is 0.883. The van der Waals surface area contributed by atoms with Gasteiger partial charge in [-0.15, -0.1) is 0 Å². The van der Waals surface area contributed by atoms with Crippen LogP contribution in [-0.4, -0.2) is 0 Å². The van der Waals surface area contributed by atoms with Gasteiger partial charge in [0.1, 0.15) is 7.05 Å². The second kappa shape index (κ2) is 6.43. The highest BCUT2D eigenvalue weighted by Crippen LogP contribution is 2.31. The van der Waals surface area contributed by atoms with Crippen LogP contribution in [0.4, 0.5) is 0 Å². The number of rotatable bonds is 3. The summed E-state index contributed by atoms with van der Waals surface area (Å²) in [4.78, 5) is 0. The molecule has 1 aromatic heterocycles. The van der Waals surface area contributed by atoms with Crippen LogP contribution in [0.15, 0.2) is 42.6 Å². The van der Waals surface area contributed by atoms with Gasteiger partial charge >= 0.3 is 0 Å². The van der Waals surface area contributed by atoms with Crippen LogP contribution in [0.3, 0.4) is 0 Å². The van der Waals surface area contributed by atoms with Crippen LogP contribution < -0.4 is 4.57 Å². The summed E-state index contributed by atoms with van der Waals surface area (Å²) in [7, 11) is 2.15. The fourth-order valence-electron chi connectivity index (χ4n) is 3.75. The third kappa shape index (κ3) is 3.18. The Morgan fingerprint density at radius 2 is 1.81 bits per heavy atom. The van der Waals surface area contributed by atoms with Gasteiger partial charge in [-0.05, 0) is 36.5 Å². The average molecular weight is 280 g/mol. The lowest BCUT2D eigenvalue weighted by atomic mass is 9.83. The molecule has 110 valence electrons. The van der Waals surface area contributed by atoms with Gasteiger partial charge in [-0.2, -0.15) is 0 Å². The zero-order valence-electron chi connectivity index (χ0n) is 13.3. The van der Waals surface area contributed by atoms with E-state index in [0.717, 1.165) is 5.92 Å². The lowest BCUT2D eigenvalue weighted by Gasteiger charge is -2.23. The molecule has 1 nitrogen and oxygen atoms in total. The van der Waals surface area contributed by atoms with Gasteiger partial charge in [-0.25, -0.2) is 4.57 Å². The van der Waals surface area contributed by atoms with Crippen molar-refractivity contribution in [1.82, 2.24) is 0 Å². The van der Waals surface area contributed by atoms with Crippen LogP contribution in [0.25, 0.3) is 11.3 Å². The van der Waals surface area contributed by atoms with Crippen molar-refractivity contribution in [1.29, 1.82) is 0 Å². The molecule has 1 saturated carbocycles. The summed E-state index contributed by atoms with van der Waals surface area (Å²) >= 11 is 0. The van der Waals surface area contributed by atoms with Crippen molar-refractivity contribution >= 4 is 0 Å². The summed E-state index contributed by atoms with van der Waals surface area (Å²) in [5, 5.41) is 0. The molecule has 0 N–H and O–H groups in total. The first-order valence-corrected chi connectivity index (χ1v) is 8.29. The number of aromatic nitrogens is 1. The number of hydrogen-bond donors (Lipinski definition) is 0. The molecule has 0 radical (unpaired) electrons. The second-order valence-electron chi connectivity index (χ2n) is 6.51. The standard InChI is InChI=1S/C20H26N/c1-16-9-8-12-18(15-17-10-4-3-5-11-17)20(16)19-13-6-7-14-21(19)2/h6-9,12-14,17H,3-5,10-11,15H2,1-2H3/q+1. The first kappa shape index (κ1) is 14.3. The molecule has 0 spiro atoms. The van der Waals surface area contributed by atoms with E-state index in [1.807, 2.05) is 0 Å². The van der Waals surface area contributed by atoms with Crippen LogP contribution in [-0.2, 0) is 13.5 Å². The molecule has 0 unspecified atom stereocenters. The highest BCUT2D eigenvalue weighted by Gasteiger charge is 2.20. The molecule has 1 aliphatic rings. The zero-order chi connectivity index (χ0) is 14.7. The maximum Gasteiger partial charge on any atom is 0.212 e. The molecular weight excluding hydrogens is 254 g/mol. The van der Waals surface area contributed by atoms with E-state index in [0.29, 0.717) is 0 Å². The minimum Gasteiger partial charge on any atom is -0.201 e. The van der Waals surface area contributed by atoms with E-state index in [4.69, 9.17) is 0 Å². The molecule has 3 rings (SSSR count). The minimum atomic E-state index is 0.883. The van der Waals surface area contributed by atoms with E-state index in [2.05, 4.69) is 61.1 Å². The maximum absolute atomic E-state index is 2.34. The van der Waals surface area contributed by atoms with Crippen LogP contribution in [0.5, 0.6) is 0 Å². The van der Waals surface area contributed by atoms with Crippen molar-refractivity contribution in [3.05, 3.63) is 53.7 Å². The maximum atomic E-state index is 2.34. The molecule has 0 saturated heterocycles. The first-order valence-electron chi connectivity index (χ1n) is 8.29. The monoisotopic (exact) mass is 280 g/mol. The Morgan fingerprint density at radius 3 is 2.57 bits per heavy atom. The van der Waals surface area contributed by atoms with Gasteiger partial charge in [0.2, 0.25) is 5.69 Å². The molecule has 2 aromatic rings. The van der Waals surface area contributed by atoms with E-state index >= 15 is 0 Å². The van der Waals surface area contributed by atoms with Crippen molar-refractivity contribution < 1.29 is 4.57 Å². The number of benzene rings is 1. The van der Waals surface area contributed by atoms with Gasteiger partial charge in [0.05, 0.1) is 5.56 Å². The number of aryl methyl sites for hydroxylation is 2. The highest BCUT2D eigenvalue weighted by molar-refractivity contribution is 5.65. The van der Waals surface area contributed by atoms with Crippen LogP contribution in [0, 0.1) is 12.8 Å². The van der Waals surface area contributed by atoms with Crippen molar-refractivity contribution in [2.75, 3.05) is 0 Å². The van der Waals surface area contributed by atoms with Gasteiger partial charge in [-0.3, -0.25) is 0 Å². The van der Waals surface area contributed by atoms with E-state index in [9.17, 15) is 0 Å². The molecule has 1 fully saturated rings. The summed E-state index contributed by atoms with van der Waals surface area (Å²) in [5.41, 5.74) is 5.71. The van der Waals surface area contributed by atoms with Gasteiger partial charge in [-0.1, -0.05) is 50.3 Å². The average Bonchev–Trinajstić information content (AvgIpc) is 2.50. The fourth-order valence-corrected chi connectivity index (χ4v) is 3.75. The van der Waals surface area contributed by atoms with Gasteiger partial charge in [0.25, 0.3) is 0 Å². The number of nitrogens with zero attached hydrogens (tertiary/aromatic N) is 1. The predicted octanol–water partition coefficient (Wildman–Crippen LogP) is 4.61. The summed E-state index contributed by atoms with van der Waals surface area (Å²) in [6, 6.07) is 13.3. The minimum absolute atomic E-state index is 0.883. The summed E-state index contributed by atoms with van der Waals surface area (Å²) in [6.07, 6.45) is 10.5. The van der Waals surface area contributed by atoms with Gasteiger partial charge in [0, 0.05) is 12.1 Å². The van der Waals surface area contributed by atoms with E-state index in [1.54, 1.807) is 0 Å². The van der Waals surface area contributed by atoms with E-state index < -0.39 is 0 Å². The molecular formula is C20H26N+. The Bertz CT molecular complexity index is 609. The fraction of sp³-hybridized carbons (Fsp3) is 0.450. The van der Waals surface area contributed by atoms with Crippen molar-refractivity contribution in [2.45, 2.75) is 45.4 Å². The van der Waals surface area contributed by atoms with E-state index in [1.165, 1.54) is 60.9 Å². The van der Waals surface area contributed by atoms with Crippen LogP contribution >= 0.6 is 0 Å².